The van der Waals surface area contributed by atoms with Crippen LogP contribution >= 0.6 is 0 Å². The average molecular weight is 242 g/mol. The number of benzene rings is 2. The predicted octanol–water partition coefficient (Wildman–Crippen LogP) is 3.39. The van der Waals surface area contributed by atoms with E-state index in [1.165, 1.54) is 28.9 Å². The highest BCUT2D eigenvalue weighted by molar-refractivity contribution is 5.61. The van der Waals surface area contributed by atoms with Gasteiger partial charge < -0.3 is 10.2 Å². The number of nitrogens with zero attached hydrogens (tertiary/aromatic N) is 1. The minimum absolute atomic E-state index is 0.189. The Morgan fingerprint density at radius 3 is 2.56 bits per heavy atom. The molecule has 0 amide bonds. The number of hydrogen-bond acceptors (Lipinski definition) is 2. The molecule has 2 nitrogen and oxygen atoms in total. The van der Waals surface area contributed by atoms with Gasteiger partial charge in [0.05, 0.1) is 0 Å². The smallest absolute Gasteiger partial charge is 0.123 e. The van der Waals surface area contributed by atoms with E-state index in [9.17, 15) is 4.39 Å². The molecule has 0 radical (unpaired) electrons. The SMILES string of the molecule is CNc1cccc2c1CN(c1ccc(F)cc1)C2. The van der Waals surface area contributed by atoms with Gasteiger partial charge in [0.25, 0.3) is 0 Å². The highest BCUT2D eigenvalue weighted by Gasteiger charge is 2.21. The summed E-state index contributed by atoms with van der Waals surface area (Å²) in [5.74, 6) is -0.189. The molecule has 3 heteroatoms. The first-order chi connectivity index (χ1) is 8.78. The number of halogens is 1. The normalized spacial score (nSPS) is 13.6. The second-order valence-electron chi connectivity index (χ2n) is 4.53. The number of nitrogens with one attached hydrogen (secondary N) is 1. The van der Waals surface area contributed by atoms with E-state index in [2.05, 4.69) is 28.4 Å². The van der Waals surface area contributed by atoms with Crippen LogP contribution in [-0.2, 0) is 13.1 Å². The molecule has 0 aliphatic carbocycles. The molecule has 1 aliphatic heterocycles. The number of rotatable bonds is 2. The van der Waals surface area contributed by atoms with Crippen LogP contribution in [0.1, 0.15) is 11.1 Å². The van der Waals surface area contributed by atoms with Gasteiger partial charge in [-0.15, -0.1) is 0 Å². The third-order valence-electron chi connectivity index (χ3n) is 3.44. The Bertz CT molecular complexity index is 563. The second-order valence-corrected chi connectivity index (χ2v) is 4.53. The minimum Gasteiger partial charge on any atom is -0.388 e. The lowest BCUT2D eigenvalue weighted by Crippen LogP contribution is -2.14. The Labute approximate surface area is 106 Å². The van der Waals surface area contributed by atoms with E-state index in [4.69, 9.17) is 0 Å². The van der Waals surface area contributed by atoms with Crippen molar-refractivity contribution in [3.63, 3.8) is 0 Å². The van der Waals surface area contributed by atoms with Gasteiger partial charge in [0.2, 0.25) is 0 Å². The van der Waals surface area contributed by atoms with Gasteiger partial charge in [-0.1, -0.05) is 12.1 Å². The van der Waals surface area contributed by atoms with Gasteiger partial charge >= 0.3 is 0 Å². The topological polar surface area (TPSA) is 15.3 Å². The van der Waals surface area contributed by atoms with Crippen LogP contribution in [0.3, 0.4) is 0 Å². The molecule has 0 spiro atoms. The van der Waals surface area contributed by atoms with Crippen molar-refractivity contribution in [3.05, 3.63) is 59.4 Å². The molecule has 0 bridgehead atoms. The summed E-state index contributed by atoms with van der Waals surface area (Å²) in [5.41, 5.74) is 4.92. The monoisotopic (exact) mass is 242 g/mol. The fourth-order valence-corrected chi connectivity index (χ4v) is 2.49. The molecule has 0 unspecified atom stereocenters. The van der Waals surface area contributed by atoms with Gasteiger partial charge in [0.1, 0.15) is 5.82 Å². The van der Waals surface area contributed by atoms with E-state index in [1.807, 2.05) is 19.2 Å². The van der Waals surface area contributed by atoms with E-state index in [1.54, 1.807) is 0 Å². The zero-order valence-corrected chi connectivity index (χ0v) is 10.3. The van der Waals surface area contributed by atoms with Crippen LogP contribution in [0.5, 0.6) is 0 Å². The van der Waals surface area contributed by atoms with E-state index < -0.39 is 0 Å². The van der Waals surface area contributed by atoms with E-state index in [0.29, 0.717) is 0 Å². The van der Waals surface area contributed by atoms with Gasteiger partial charge in [-0.3, -0.25) is 0 Å². The Balaban J connectivity index is 1.91. The molecule has 2 aromatic rings. The molecule has 3 rings (SSSR count). The molecule has 92 valence electrons. The summed E-state index contributed by atoms with van der Waals surface area (Å²) in [7, 11) is 1.94. The lowest BCUT2D eigenvalue weighted by atomic mass is 10.1. The van der Waals surface area contributed by atoms with E-state index in [-0.39, 0.29) is 5.82 Å². The zero-order valence-electron chi connectivity index (χ0n) is 10.3. The Morgan fingerprint density at radius 1 is 1.06 bits per heavy atom. The number of fused-ring (bicyclic) bond motifs is 1. The Kier molecular flexibility index (Phi) is 2.67. The van der Waals surface area contributed by atoms with Crippen molar-refractivity contribution in [3.8, 4) is 0 Å². The van der Waals surface area contributed by atoms with Gasteiger partial charge in [0.15, 0.2) is 0 Å². The fourth-order valence-electron chi connectivity index (χ4n) is 2.49. The highest BCUT2D eigenvalue weighted by Crippen LogP contribution is 2.32. The maximum Gasteiger partial charge on any atom is 0.123 e. The second kappa shape index (κ2) is 4.33. The van der Waals surface area contributed by atoms with Crippen molar-refractivity contribution in [1.82, 2.24) is 0 Å². The van der Waals surface area contributed by atoms with Crippen molar-refractivity contribution < 1.29 is 4.39 Å². The molecule has 1 heterocycles. The van der Waals surface area contributed by atoms with E-state index in [0.717, 1.165) is 18.8 Å². The van der Waals surface area contributed by atoms with Crippen LogP contribution in [0.4, 0.5) is 15.8 Å². The van der Waals surface area contributed by atoms with Crippen molar-refractivity contribution in [2.45, 2.75) is 13.1 Å². The van der Waals surface area contributed by atoms with Crippen LogP contribution in [0.25, 0.3) is 0 Å². The third kappa shape index (κ3) is 1.82. The standard InChI is InChI=1S/C15H15FN2/c1-17-15-4-2-3-11-9-18(10-14(11)15)13-7-5-12(16)6-8-13/h2-8,17H,9-10H2,1H3. The Morgan fingerprint density at radius 2 is 1.83 bits per heavy atom. The van der Waals surface area contributed by atoms with Crippen LogP contribution in [0, 0.1) is 5.82 Å². The van der Waals surface area contributed by atoms with Gasteiger partial charge in [-0.2, -0.15) is 0 Å². The first-order valence-electron chi connectivity index (χ1n) is 6.07. The van der Waals surface area contributed by atoms with Crippen molar-refractivity contribution in [2.75, 3.05) is 17.3 Å². The minimum atomic E-state index is -0.189. The maximum absolute atomic E-state index is 12.9. The summed E-state index contributed by atoms with van der Waals surface area (Å²) >= 11 is 0. The van der Waals surface area contributed by atoms with Gasteiger partial charge in [-0.05, 0) is 41.5 Å². The molecular formula is C15H15FN2. The lowest BCUT2D eigenvalue weighted by Gasteiger charge is -2.17. The van der Waals surface area contributed by atoms with E-state index >= 15 is 0 Å². The van der Waals surface area contributed by atoms with Crippen molar-refractivity contribution in [2.24, 2.45) is 0 Å². The van der Waals surface area contributed by atoms with Crippen LogP contribution < -0.4 is 10.2 Å². The van der Waals surface area contributed by atoms with Crippen molar-refractivity contribution in [1.29, 1.82) is 0 Å². The molecule has 18 heavy (non-hydrogen) atoms. The largest absolute Gasteiger partial charge is 0.388 e. The molecule has 0 saturated carbocycles. The summed E-state index contributed by atoms with van der Waals surface area (Å²) in [4.78, 5) is 2.25. The maximum atomic E-state index is 12.9. The molecule has 0 fully saturated rings. The molecule has 2 aromatic carbocycles. The zero-order chi connectivity index (χ0) is 12.5. The molecule has 0 atom stereocenters. The quantitative estimate of drug-likeness (QED) is 0.868. The summed E-state index contributed by atoms with van der Waals surface area (Å²) in [5, 5.41) is 3.22. The molecule has 0 aromatic heterocycles. The summed E-state index contributed by atoms with van der Waals surface area (Å²) < 4.78 is 12.9. The molecular weight excluding hydrogens is 227 g/mol. The first kappa shape index (κ1) is 11.1. The van der Waals surface area contributed by atoms with Crippen LogP contribution in [0.2, 0.25) is 0 Å². The molecule has 1 N–H and O–H groups in total. The van der Waals surface area contributed by atoms with Gasteiger partial charge in [0, 0.05) is 31.5 Å². The van der Waals surface area contributed by atoms with Gasteiger partial charge in [-0.25, -0.2) is 4.39 Å². The highest BCUT2D eigenvalue weighted by atomic mass is 19.1. The number of hydrogen-bond donors (Lipinski definition) is 1. The fraction of sp³-hybridized carbons (Fsp3) is 0.200. The predicted molar refractivity (Wildman–Crippen MR) is 72.3 cm³/mol. The lowest BCUT2D eigenvalue weighted by molar-refractivity contribution is 0.627. The summed E-state index contributed by atoms with van der Waals surface area (Å²) in [6, 6.07) is 13.0. The Hall–Kier alpha value is -2.03. The molecule has 0 saturated heterocycles. The third-order valence-corrected chi connectivity index (χ3v) is 3.44. The van der Waals surface area contributed by atoms with Crippen LogP contribution in [-0.4, -0.2) is 7.05 Å². The summed E-state index contributed by atoms with van der Waals surface area (Å²) in [6.45, 7) is 1.76. The summed E-state index contributed by atoms with van der Waals surface area (Å²) in [6.07, 6.45) is 0. The first-order valence-corrected chi connectivity index (χ1v) is 6.07. The molecule has 1 aliphatic rings. The van der Waals surface area contributed by atoms with Crippen molar-refractivity contribution >= 4 is 11.4 Å². The van der Waals surface area contributed by atoms with Crippen LogP contribution in [0.15, 0.2) is 42.5 Å². The number of anilines is 2. The average Bonchev–Trinajstić information content (AvgIpc) is 2.83.